The van der Waals surface area contributed by atoms with E-state index >= 15 is 0 Å². The number of carbonyl (C=O) groups excluding carboxylic acids is 4. The van der Waals surface area contributed by atoms with Gasteiger partial charge in [0, 0.05) is 24.7 Å². The van der Waals surface area contributed by atoms with Crippen LogP contribution in [0.4, 0.5) is 10.5 Å². The zero-order valence-electron chi connectivity index (χ0n) is 20.0. The highest BCUT2D eigenvalue weighted by Gasteiger charge is 2.47. The van der Waals surface area contributed by atoms with Crippen LogP contribution in [0.1, 0.15) is 50.4 Å². The van der Waals surface area contributed by atoms with Gasteiger partial charge in [-0.05, 0) is 49.1 Å². The van der Waals surface area contributed by atoms with Crippen molar-refractivity contribution in [2.24, 2.45) is 5.92 Å². The van der Waals surface area contributed by atoms with Gasteiger partial charge in [-0.15, -0.1) is 0 Å². The number of hydrogen-bond donors (Lipinski definition) is 2. The molecule has 35 heavy (non-hydrogen) atoms. The molecule has 1 aliphatic heterocycles. The zero-order chi connectivity index (χ0) is 24.8. The van der Waals surface area contributed by atoms with E-state index in [0.29, 0.717) is 24.3 Å². The standard InChI is InChI=1S/C26H32N4O5/c1-2-18-9-11-19(12-10-18)28-24(32)17-30-22-8-4-3-7-21(22)25(33)29(26(30)34)14-13-23(31)27-16-20-6-5-15-35-20/h5-6,9-12,15,21-22H,2-4,7-8,13-14,16-17H2,1H3,(H,27,31)(H,28,32). The van der Waals surface area contributed by atoms with Crippen LogP contribution < -0.4 is 10.6 Å². The SMILES string of the molecule is CCc1ccc(NC(=O)CN2C(=O)N(CCC(=O)NCc3ccco3)C(=O)C3CCCCC32)cc1. The summed E-state index contributed by atoms with van der Waals surface area (Å²) in [6.45, 7) is 2.14. The first-order chi connectivity index (χ1) is 17.0. The van der Waals surface area contributed by atoms with Gasteiger partial charge in [0.2, 0.25) is 17.7 Å². The van der Waals surface area contributed by atoms with E-state index in [0.717, 1.165) is 24.2 Å². The molecule has 2 fully saturated rings. The average molecular weight is 481 g/mol. The Hall–Kier alpha value is -3.62. The first-order valence-corrected chi connectivity index (χ1v) is 12.3. The van der Waals surface area contributed by atoms with Crippen molar-refractivity contribution >= 4 is 29.4 Å². The van der Waals surface area contributed by atoms with Gasteiger partial charge in [0.1, 0.15) is 12.3 Å². The van der Waals surface area contributed by atoms with Crippen molar-refractivity contribution < 1.29 is 23.6 Å². The van der Waals surface area contributed by atoms with Crippen molar-refractivity contribution in [2.75, 3.05) is 18.4 Å². The number of benzene rings is 1. The van der Waals surface area contributed by atoms with Crippen LogP contribution in [0.2, 0.25) is 0 Å². The second-order valence-electron chi connectivity index (χ2n) is 9.06. The van der Waals surface area contributed by atoms with Crippen molar-refractivity contribution in [2.45, 2.75) is 58.0 Å². The average Bonchev–Trinajstić information content (AvgIpc) is 3.39. The summed E-state index contributed by atoms with van der Waals surface area (Å²) in [5.74, 6) is -0.561. The topological polar surface area (TPSA) is 112 Å². The molecule has 2 atom stereocenters. The van der Waals surface area contributed by atoms with Gasteiger partial charge < -0.3 is 20.0 Å². The molecule has 0 radical (unpaired) electrons. The Bertz CT molecular complexity index is 1050. The number of carbonyl (C=O) groups is 4. The number of hydrogen-bond acceptors (Lipinski definition) is 5. The van der Waals surface area contributed by atoms with Crippen LogP contribution in [-0.2, 0) is 27.3 Å². The van der Waals surface area contributed by atoms with Crippen molar-refractivity contribution in [1.82, 2.24) is 15.1 Å². The van der Waals surface area contributed by atoms with Crippen LogP contribution in [0.25, 0.3) is 0 Å². The van der Waals surface area contributed by atoms with Gasteiger partial charge in [0.05, 0.1) is 18.7 Å². The summed E-state index contributed by atoms with van der Waals surface area (Å²) < 4.78 is 5.20. The number of anilines is 1. The molecule has 186 valence electrons. The lowest BCUT2D eigenvalue weighted by atomic mass is 9.81. The van der Waals surface area contributed by atoms with Gasteiger partial charge in [0.15, 0.2) is 0 Å². The molecule has 2 aliphatic rings. The van der Waals surface area contributed by atoms with Gasteiger partial charge in [0.25, 0.3) is 0 Å². The minimum absolute atomic E-state index is 0.0145. The maximum absolute atomic E-state index is 13.3. The molecular weight excluding hydrogens is 448 g/mol. The highest BCUT2D eigenvalue weighted by Crippen LogP contribution is 2.34. The van der Waals surface area contributed by atoms with Crippen LogP contribution in [0, 0.1) is 5.92 Å². The van der Waals surface area contributed by atoms with E-state index in [1.165, 1.54) is 16.7 Å². The fraction of sp³-hybridized carbons (Fsp3) is 0.462. The van der Waals surface area contributed by atoms with Crippen LogP contribution in [0.15, 0.2) is 47.1 Å². The van der Waals surface area contributed by atoms with E-state index in [4.69, 9.17) is 4.42 Å². The van der Waals surface area contributed by atoms with Crippen molar-refractivity contribution in [3.8, 4) is 0 Å². The summed E-state index contributed by atoms with van der Waals surface area (Å²) in [6.07, 6.45) is 5.60. The minimum atomic E-state index is -0.506. The van der Waals surface area contributed by atoms with Crippen LogP contribution >= 0.6 is 0 Å². The molecule has 1 aromatic heterocycles. The third-order valence-corrected chi connectivity index (χ3v) is 6.75. The van der Waals surface area contributed by atoms with Gasteiger partial charge in [-0.2, -0.15) is 0 Å². The lowest BCUT2D eigenvalue weighted by Gasteiger charge is -2.46. The molecule has 9 nitrogen and oxygen atoms in total. The molecule has 5 amide bonds. The summed E-state index contributed by atoms with van der Waals surface area (Å²) in [4.78, 5) is 54.3. The van der Waals surface area contributed by atoms with Gasteiger partial charge in [-0.1, -0.05) is 31.9 Å². The van der Waals surface area contributed by atoms with Crippen molar-refractivity contribution in [3.05, 3.63) is 54.0 Å². The Morgan fingerprint density at radius 1 is 1.06 bits per heavy atom. The Morgan fingerprint density at radius 2 is 1.83 bits per heavy atom. The fourth-order valence-corrected chi connectivity index (χ4v) is 4.83. The van der Waals surface area contributed by atoms with E-state index in [1.54, 1.807) is 12.1 Å². The van der Waals surface area contributed by atoms with Crippen molar-refractivity contribution in [1.29, 1.82) is 0 Å². The predicted octanol–water partition coefficient (Wildman–Crippen LogP) is 3.31. The lowest BCUT2D eigenvalue weighted by Crippen LogP contribution is -2.63. The van der Waals surface area contributed by atoms with E-state index in [9.17, 15) is 19.2 Å². The summed E-state index contributed by atoms with van der Waals surface area (Å²) in [7, 11) is 0. The number of urea groups is 1. The zero-order valence-corrected chi connectivity index (χ0v) is 20.0. The second-order valence-corrected chi connectivity index (χ2v) is 9.06. The van der Waals surface area contributed by atoms with Gasteiger partial charge >= 0.3 is 6.03 Å². The number of nitrogens with one attached hydrogen (secondary N) is 2. The highest BCUT2D eigenvalue weighted by molar-refractivity contribution is 6.01. The van der Waals surface area contributed by atoms with E-state index < -0.39 is 6.03 Å². The normalized spacial score (nSPS) is 19.9. The lowest BCUT2D eigenvalue weighted by molar-refractivity contribution is -0.142. The Morgan fingerprint density at radius 3 is 2.54 bits per heavy atom. The molecule has 1 aromatic carbocycles. The summed E-state index contributed by atoms with van der Waals surface area (Å²) in [5, 5.41) is 5.58. The van der Waals surface area contributed by atoms with E-state index in [-0.39, 0.29) is 55.7 Å². The highest BCUT2D eigenvalue weighted by atomic mass is 16.3. The Labute approximate surface area is 204 Å². The summed E-state index contributed by atoms with van der Waals surface area (Å²) >= 11 is 0. The fourth-order valence-electron chi connectivity index (χ4n) is 4.83. The first kappa shape index (κ1) is 24.5. The van der Waals surface area contributed by atoms with Crippen LogP contribution in [-0.4, -0.2) is 52.7 Å². The second kappa shape index (κ2) is 11.2. The molecule has 9 heteroatoms. The third kappa shape index (κ3) is 5.90. The summed E-state index contributed by atoms with van der Waals surface area (Å²) in [6, 6.07) is 10.3. The number of imide groups is 1. The molecule has 1 saturated carbocycles. The van der Waals surface area contributed by atoms with E-state index in [1.807, 2.05) is 24.3 Å². The van der Waals surface area contributed by atoms with E-state index in [2.05, 4.69) is 17.6 Å². The number of aryl methyl sites for hydroxylation is 1. The molecule has 2 heterocycles. The number of nitrogens with zero attached hydrogens (tertiary/aromatic N) is 2. The Balaban J connectivity index is 1.39. The molecular formula is C26H32N4O5. The first-order valence-electron chi connectivity index (χ1n) is 12.3. The molecule has 2 aromatic rings. The number of furan rings is 1. The molecule has 1 saturated heterocycles. The molecule has 0 bridgehead atoms. The molecule has 2 N–H and O–H groups in total. The van der Waals surface area contributed by atoms with Gasteiger partial charge in [-0.25, -0.2) is 4.79 Å². The van der Waals surface area contributed by atoms with Crippen molar-refractivity contribution in [3.63, 3.8) is 0 Å². The quantitative estimate of drug-likeness (QED) is 0.572. The molecule has 2 unspecified atom stereocenters. The van der Waals surface area contributed by atoms with Gasteiger partial charge in [-0.3, -0.25) is 19.3 Å². The minimum Gasteiger partial charge on any atom is -0.467 e. The van der Waals surface area contributed by atoms with Crippen LogP contribution in [0.3, 0.4) is 0 Å². The number of rotatable bonds is 9. The largest absolute Gasteiger partial charge is 0.467 e. The maximum Gasteiger partial charge on any atom is 0.327 e. The summed E-state index contributed by atoms with van der Waals surface area (Å²) in [5.41, 5.74) is 1.83. The predicted molar refractivity (Wildman–Crippen MR) is 129 cm³/mol. The maximum atomic E-state index is 13.3. The molecule has 4 rings (SSSR count). The third-order valence-electron chi connectivity index (χ3n) is 6.75. The number of fused-ring (bicyclic) bond motifs is 1. The molecule has 1 aliphatic carbocycles. The number of amides is 5. The monoisotopic (exact) mass is 480 g/mol. The van der Waals surface area contributed by atoms with Crippen LogP contribution in [0.5, 0.6) is 0 Å². The Kier molecular flexibility index (Phi) is 7.84. The smallest absolute Gasteiger partial charge is 0.327 e. The molecule has 0 spiro atoms.